The molecule has 1 aromatic carbocycles. The topological polar surface area (TPSA) is 69.2 Å². The Hall–Kier alpha value is -1.39. The molecule has 0 radical (unpaired) electrons. The fourth-order valence-corrected chi connectivity index (χ4v) is 3.62. The number of halogens is 1. The molecule has 0 spiro atoms. The highest BCUT2D eigenvalue weighted by atomic mass is 127. The van der Waals surface area contributed by atoms with E-state index in [1.54, 1.807) is 0 Å². The molecule has 156 valence electrons. The van der Waals surface area contributed by atoms with Crippen LogP contribution in [-0.2, 0) is 4.74 Å². The van der Waals surface area contributed by atoms with E-state index in [1.165, 1.54) is 0 Å². The number of aliphatic imine (C=N–C) groups is 1. The van der Waals surface area contributed by atoms with Crippen LogP contribution in [0.1, 0.15) is 23.7 Å². The molecule has 0 saturated carbocycles. The van der Waals surface area contributed by atoms with Gasteiger partial charge >= 0.3 is 0 Å². The van der Waals surface area contributed by atoms with E-state index in [0.717, 1.165) is 58.3 Å². The molecule has 1 unspecified atom stereocenters. The number of rotatable bonds is 6. The van der Waals surface area contributed by atoms with Crippen molar-refractivity contribution in [3.05, 3.63) is 35.9 Å². The van der Waals surface area contributed by atoms with Gasteiger partial charge in [0.05, 0.1) is 19.8 Å². The molecule has 2 heterocycles. The van der Waals surface area contributed by atoms with Crippen LogP contribution in [0.3, 0.4) is 0 Å². The summed E-state index contributed by atoms with van der Waals surface area (Å²) in [5.41, 5.74) is 0.682. The maximum Gasteiger partial charge on any atom is 0.251 e. The zero-order valence-electron chi connectivity index (χ0n) is 16.6. The molecule has 3 rings (SSSR count). The molecular formula is C20H32IN5O2. The average molecular weight is 501 g/mol. The van der Waals surface area contributed by atoms with Crippen LogP contribution in [0.15, 0.2) is 35.3 Å². The molecule has 8 heteroatoms. The minimum absolute atomic E-state index is 0. The van der Waals surface area contributed by atoms with Gasteiger partial charge in [-0.05, 0) is 25.5 Å². The van der Waals surface area contributed by atoms with Gasteiger partial charge in [0.25, 0.3) is 5.91 Å². The molecular weight excluding hydrogens is 469 g/mol. The number of nitrogens with zero attached hydrogens (tertiary/aromatic N) is 3. The fraction of sp³-hybridized carbons (Fsp3) is 0.600. The van der Waals surface area contributed by atoms with Gasteiger partial charge in [0.15, 0.2) is 5.96 Å². The lowest BCUT2D eigenvalue weighted by Gasteiger charge is -2.32. The molecule has 2 N–H and O–H groups in total. The van der Waals surface area contributed by atoms with Crippen LogP contribution in [0.4, 0.5) is 0 Å². The number of carbonyl (C=O) groups excluding carboxylic acids is 1. The zero-order chi connectivity index (χ0) is 18.9. The highest BCUT2D eigenvalue weighted by Crippen LogP contribution is 2.17. The SMILES string of the molecule is CCNC(=NCCNC(=O)c1ccccc1)N1CCC(N2CCOCC2)C1.I. The molecule has 1 amide bonds. The molecule has 1 aromatic rings. The van der Waals surface area contributed by atoms with Crippen LogP contribution < -0.4 is 10.6 Å². The third-order valence-corrected chi connectivity index (χ3v) is 5.05. The van der Waals surface area contributed by atoms with E-state index in [4.69, 9.17) is 9.73 Å². The Morgan fingerprint density at radius 3 is 2.64 bits per heavy atom. The largest absolute Gasteiger partial charge is 0.379 e. The molecule has 2 aliphatic rings. The highest BCUT2D eigenvalue weighted by molar-refractivity contribution is 14.0. The number of likely N-dealkylation sites (tertiary alicyclic amines) is 1. The number of benzene rings is 1. The van der Waals surface area contributed by atoms with Crippen LogP contribution in [0, 0.1) is 0 Å². The lowest BCUT2D eigenvalue weighted by Crippen LogP contribution is -2.46. The number of ether oxygens (including phenoxy) is 1. The number of amides is 1. The first-order valence-electron chi connectivity index (χ1n) is 9.96. The fourth-order valence-electron chi connectivity index (χ4n) is 3.62. The van der Waals surface area contributed by atoms with Gasteiger partial charge in [0.1, 0.15) is 0 Å². The van der Waals surface area contributed by atoms with E-state index in [2.05, 4.69) is 27.4 Å². The Balaban J connectivity index is 0.00000280. The third kappa shape index (κ3) is 6.59. The Labute approximate surface area is 184 Å². The van der Waals surface area contributed by atoms with Gasteiger partial charge in [-0.25, -0.2) is 0 Å². The van der Waals surface area contributed by atoms with Crippen molar-refractivity contribution in [2.24, 2.45) is 4.99 Å². The van der Waals surface area contributed by atoms with Crippen molar-refractivity contribution in [2.75, 3.05) is 59.0 Å². The molecule has 0 bridgehead atoms. The first kappa shape index (κ1) is 22.9. The maximum atomic E-state index is 12.1. The van der Waals surface area contributed by atoms with Crippen LogP contribution in [0.2, 0.25) is 0 Å². The Morgan fingerprint density at radius 1 is 1.18 bits per heavy atom. The summed E-state index contributed by atoms with van der Waals surface area (Å²) >= 11 is 0. The Kier molecular flexibility index (Phi) is 10.0. The van der Waals surface area contributed by atoms with E-state index in [0.29, 0.717) is 24.7 Å². The molecule has 0 aromatic heterocycles. The standard InChI is InChI=1S/C20H31N5O2.HI/c1-2-21-20(23-10-9-22-19(26)17-6-4-3-5-7-17)25-11-8-18(16-25)24-12-14-27-15-13-24;/h3-7,18H,2,8-16H2,1H3,(H,21,23)(H,22,26);1H. The summed E-state index contributed by atoms with van der Waals surface area (Å²) in [4.78, 5) is 21.7. The molecule has 28 heavy (non-hydrogen) atoms. The van der Waals surface area contributed by atoms with Crippen molar-refractivity contribution in [1.29, 1.82) is 0 Å². The predicted molar refractivity (Wildman–Crippen MR) is 123 cm³/mol. The van der Waals surface area contributed by atoms with E-state index in [1.807, 2.05) is 30.3 Å². The van der Waals surface area contributed by atoms with Gasteiger partial charge in [-0.15, -0.1) is 24.0 Å². The summed E-state index contributed by atoms with van der Waals surface area (Å²) in [5.74, 6) is 0.895. The lowest BCUT2D eigenvalue weighted by atomic mass is 10.2. The number of nitrogens with one attached hydrogen (secondary N) is 2. The van der Waals surface area contributed by atoms with Crippen molar-refractivity contribution < 1.29 is 9.53 Å². The van der Waals surface area contributed by atoms with Crippen molar-refractivity contribution in [1.82, 2.24) is 20.4 Å². The average Bonchev–Trinajstić information content (AvgIpc) is 3.21. The second-order valence-electron chi connectivity index (χ2n) is 6.89. The van der Waals surface area contributed by atoms with Crippen LogP contribution >= 0.6 is 24.0 Å². The molecule has 2 saturated heterocycles. The second kappa shape index (κ2) is 12.2. The number of carbonyl (C=O) groups is 1. The van der Waals surface area contributed by atoms with E-state index in [-0.39, 0.29) is 29.9 Å². The molecule has 2 aliphatic heterocycles. The van der Waals surface area contributed by atoms with E-state index >= 15 is 0 Å². The van der Waals surface area contributed by atoms with Crippen LogP contribution in [0.25, 0.3) is 0 Å². The minimum atomic E-state index is -0.0515. The lowest BCUT2D eigenvalue weighted by molar-refractivity contribution is 0.0195. The molecule has 0 aliphatic carbocycles. The summed E-state index contributed by atoms with van der Waals surface area (Å²) in [5, 5.41) is 6.32. The first-order chi connectivity index (χ1) is 13.3. The van der Waals surface area contributed by atoms with Crippen LogP contribution in [-0.4, -0.2) is 86.7 Å². The highest BCUT2D eigenvalue weighted by Gasteiger charge is 2.30. The smallest absolute Gasteiger partial charge is 0.251 e. The monoisotopic (exact) mass is 501 g/mol. The van der Waals surface area contributed by atoms with Crippen molar-refractivity contribution >= 4 is 35.8 Å². The van der Waals surface area contributed by atoms with Gasteiger partial charge in [-0.2, -0.15) is 0 Å². The second-order valence-corrected chi connectivity index (χ2v) is 6.89. The number of hydrogen-bond donors (Lipinski definition) is 2. The minimum Gasteiger partial charge on any atom is -0.379 e. The number of hydrogen-bond acceptors (Lipinski definition) is 4. The predicted octanol–water partition coefficient (Wildman–Crippen LogP) is 1.41. The quantitative estimate of drug-likeness (QED) is 0.267. The van der Waals surface area contributed by atoms with Gasteiger partial charge in [0.2, 0.25) is 0 Å². The molecule has 2 fully saturated rings. The van der Waals surface area contributed by atoms with Crippen LogP contribution in [0.5, 0.6) is 0 Å². The molecule has 7 nitrogen and oxygen atoms in total. The summed E-state index contributed by atoms with van der Waals surface area (Å²) < 4.78 is 5.46. The van der Waals surface area contributed by atoms with Crippen molar-refractivity contribution in [3.8, 4) is 0 Å². The van der Waals surface area contributed by atoms with Gasteiger partial charge in [-0.3, -0.25) is 14.7 Å². The summed E-state index contributed by atoms with van der Waals surface area (Å²) in [6.45, 7) is 9.78. The van der Waals surface area contributed by atoms with Crippen molar-refractivity contribution in [3.63, 3.8) is 0 Å². The van der Waals surface area contributed by atoms with Crippen molar-refractivity contribution in [2.45, 2.75) is 19.4 Å². The van der Waals surface area contributed by atoms with E-state index in [9.17, 15) is 4.79 Å². The van der Waals surface area contributed by atoms with Gasteiger partial charge in [0, 0.05) is 50.9 Å². The first-order valence-corrected chi connectivity index (χ1v) is 9.96. The normalized spacial score (nSPS) is 20.5. The number of guanidine groups is 1. The number of morpholine rings is 1. The zero-order valence-corrected chi connectivity index (χ0v) is 18.9. The summed E-state index contributed by atoms with van der Waals surface area (Å²) in [6, 6.07) is 9.86. The Bertz CT molecular complexity index is 622. The third-order valence-electron chi connectivity index (χ3n) is 5.05. The van der Waals surface area contributed by atoms with Gasteiger partial charge in [-0.1, -0.05) is 18.2 Å². The summed E-state index contributed by atoms with van der Waals surface area (Å²) in [7, 11) is 0. The van der Waals surface area contributed by atoms with Gasteiger partial charge < -0.3 is 20.3 Å². The Morgan fingerprint density at radius 2 is 1.93 bits per heavy atom. The summed E-state index contributed by atoms with van der Waals surface area (Å²) in [6.07, 6.45) is 1.16. The molecule has 1 atom stereocenters. The maximum absolute atomic E-state index is 12.1. The van der Waals surface area contributed by atoms with E-state index < -0.39 is 0 Å².